The Hall–Kier alpha value is -1.26. The molecular formula is C19H36N4O. The summed E-state index contributed by atoms with van der Waals surface area (Å²) in [6.45, 7) is 12.1. The Morgan fingerprint density at radius 2 is 1.92 bits per heavy atom. The van der Waals surface area contributed by atoms with E-state index < -0.39 is 0 Å². The predicted octanol–water partition coefficient (Wildman–Crippen LogP) is 2.77. The SMILES string of the molecule is CCNC(=NCC(C)(C)C1CCCC1)NC1CCN(C(=O)CC)C1. The monoisotopic (exact) mass is 336 g/mol. The maximum atomic E-state index is 11.8. The molecule has 5 nitrogen and oxygen atoms in total. The molecule has 2 fully saturated rings. The smallest absolute Gasteiger partial charge is 0.222 e. The highest BCUT2D eigenvalue weighted by molar-refractivity contribution is 5.80. The first kappa shape index (κ1) is 19.1. The van der Waals surface area contributed by atoms with Crippen LogP contribution in [0.4, 0.5) is 0 Å². The molecule has 1 amide bonds. The van der Waals surface area contributed by atoms with E-state index in [-0.39, 0.29) is 11.3 Å². The summed E-state index contributed by atoms with van der Waals surface area (Å²) < 4.78 is 0. The van der Waals surface area contributed by atoms with E-state index in [0.29, 0.717) is 12.5 Å². The zero-order valence-corrected chi connectivity index (χ0v) is 16.0. The number of nitrogens with zero attached hydrogens (tertiary/aromatic N) is 2. The van der Waals surface area contributed by atoms with Gasteiger partial charge in [-0.3, -0.25) is 9.79 Å². The highest BCUT2D eigenvalue weighted by atomic mass is 16.2. The first-order valence-corrected chi connectivity index (χ1v) is 9.79. The molecule has 0 radical (unpaired) electrons. The van der Waals surface area contributed by atoms with Crippen molar-refractivity contribution >= 4 is 11.9 Å². The van der Waals surface area contributed by atoms with Crippen molar-refractivity contribution in [1.82, 2.24) is 15.5 Å². The van der Waals surface area contributed by atoms with Gasteiger partial charge in [-0.25, -0.2) is 0 Å². The van der Waals surface area contributed by atoms with Crippen LogP contribution in [0.25, 0.3) is 0 Å². The molecule has 1 saturated carbocycles. The second-order valence-electron chi connectivity index (χ2n) is 7.99. The second kappa shape index (κ2) is 8.72. The molecule has 2 rings (SSSR count). The van der Waals surface area contributed by atoms with Crippen molar-refractivity contribution < 1.29 is 4.79 Å². The maximum Gasteiger partial charge on any atom is 0.222 e. The lowest BCUT2D eigenvalue weighted by Gasteiger charge is -2.30. The molecule has 1 unspecified atom stereocenters. The first-order chi connectivity index (χ1) is 11.5. The zero-order chi connectivity index (χ0) is 17.6. The standard InChI is InChI=1S/C19H36N4O/c1-5-17(24)23-12-11-16(13-23)22-18(20-6-2)21-14-19(3,4)15-9-7-8-10-15/h15-16H,5-14H2,1-4H3,(H2,20,21,22). The molecule has 0 bridgehead atoms. The van der Waals surface area contributed by atoms with Crippen LogP contribution in [0.1, 0.15) is 66.2 Å². The molecule has 0 aromatic carbocycles. The summed E-state index contributed by atoms with van der Waals surface area (Å²) in [5, 5.41) is 6.90. The lowest BCUT2D eigenvalue weighted by Crippen LogP contribution is -2.45. The second-order valence-corrected chi connectivity index (χ2v) is 7.99. The number of nitrogens with one attached hydrogen (secondary N) is 2. The van der Waals surface area contributed by atoms with Gasteiger partial charge in [-0.2, -0.15) is 0 Å². The minimum Gasteiger partial charge on any atom is -0.357 e. The van der Waals surface area contributed by atoms with Crippen molar-refractivity contribution in [2.24, 2.45) is 16.3 Å². The Kier molecular flexibility index (Phi) is 6.93. The van der Waals surface area contributed by atoms with Gasteiger partial charge in [0.1, 0.15) is 0 Å². The van der Waals surface area contributed by atoms with Crippen LogP contribution in [-0.2, 0) is 4.79 Å². The predicted molar refractivity (Wildman–Crippen MR) is 100 cm³/mol. The molecule has 138 valence electrons. The van der Waals surface area contributed by atoms with Gasteiger partial charge in [0.15, 0.2) is 5.96 Å². The highest BCUT2D eigenvalue weighted by Gasteiger charge is 2.32. The Balaban J connectivity index is 1.90. The molecule has 0 aromatic heterocycles. The Bertz CT molecular complexity index is 441. The van der Waals surface area contributed by atoms with Gasteiger partial charge in [0.25, 0.3) is 0 Å². The Morgan fingerprint density at radius 1 is 1.21 bits per heavy atom. The third-order valence-corrected chi connectivity index (χ3v) is 5.63. The first-order valence-electron chi connectivity index (χ1n) is 9.79. The van der Waals surface area contributed by atoms with E-state index >= 15 is 0 Å². The van der Waals surface area contributed by atoms with Gasteiger partial charge >= 0.3 is 0 Å². The average molecular weight is 337 g/mol. The van der Waals surface area contributed by atoms with E-state index in [1.54, 1.807) is 0 Å². The molecule has 1 aliphatic carbocycles. The zero-order valence-electron chi connectivity index (χ0n) is 16.0. The van der Waals surface area contributed by atoms with Crippen LogP contribution in [0.5, 0.6) is 0 Å². The number of guanidine groups is 1. The van der Waals surface area contributed by atoms with E-state index in [1.165, 1.54) is 25.7 Å². The minimum absolute atomic E-state index is 0.253. The van der Waals surface area contributed by atoms with Crippen molar-refractivity contribution in [3.8, 4) is 0 Å². The lowest BCUT2D eigenvalue weighted by molar-refractivity contribution is -0.129. The molecule has 0 spiro atoms. The summed E-state index contributed by atoms with van der Waals surface area (Å²) in [7, 11) is 0. The normalized spacial score (nSPS) is 22.9. The van der Waals surface area contributed by atoms with Gasteiger partial charge in [-0.05, 0) is 37.5 Å². The maximum absolute atomic E-state index is 11.8. The number of carbonyl (C=O) groups excluding carboxylic acids is 1. The molecule has 1 heterocycles. The fourth-order valence-electron chi connectivity index (χ4n) is 3.96. The van der Waals surface area contributed by atoms with Crippen LogP contribution in [0.2, 0.25) is 0 Å². The van der Waals surface area contributed by atoms with Crippen molar-refractivity contribution in [2.75, 3.05) is 26.2 Å². The topological polar surface area (TPSA) is 56.7 Å². The van der Waals surface area contributed by atoms with Crippen LogP contribution in [-0.4, -0.2) is 49.0 Å². The molecule has 24 heavy (non-hydrogen) atoms. The quantitative estimate of drug-likeness (QED) is 0.579. The molecule has 1 atom stereocenters. The number of carbonyl (C=O) groups is 1. The van der Waals surface area contributed by atoms with Crippen LogP contribution >= 0.6 is 0 Å². The van der Waals surface area contributed by atoms with E-state index in [4.69, 9.17) is 4.99 Å². The summed E-state index contributed by atoms with van der Waals surface area (Å²) in [6, 6.07) is 0.313. The molecule has 5 heteroatoms. The molecule has 2 aliphatic rings. The number of hydrogen-bond acceptors (Lipinski definition) is 2. The number of aliphatic imine (C=N–C) groups is 1. The van der Waals surface area contributed by atoms with E-state index in [1.807, 2.05) is 11.8 Å². The van der Waals surface area contributed by atoms with Gasteiger partial charge in [-0.1, -0.05) is 33.6 Å². The van der Waals surface area contributed by atoms with Gasteiger partial charge in [0, 0.05) is 38.6 Å². The molecule has 0 aromatic rings. The Morgan fingerprint density at radius 3 is 2.54 bits per heavy atom. The van der Waals surface area contributed by atoms with E-state index in [2.05, 4.69) is 31.4 Å². The molecular weight excluding hydrogens is 300 g/mol. The number of amides is 1. The lowest BCUT2D eigenvalue weighted by atomic mass is 9.78. The van der Waals surface area contributed by atoms with Gasteiger partial charge < -0.3 is 15.5 Å². The number of rotatable bonds is 6. The molecule has 2 N–H and O–H groups in total. The van der Waals surface area contributed by atoms with Crippen molar-refractivity contribution in [1.29, 1.82) is 0 Å². The highest BCUT2D eigenvalue weighted by Crippen LogP contribution is 2.39. The van der Waals surface area contributed by atoms with Gasteiger partial charge in [0.05, 0.1) is 0 Å². The fraction of sp³-hybridized carbons (Fsp3) is 0.895. The third-order valence-electron chi connectivity index (χ3n) is 5.63. The van der Waals surface area contributed by atoms with Crippen LogP contribution in [0.3, 0.4) is 0 Å². The van der Waals surface area contributed by atoms with Crippen molar-refractivity contribution in [3.63, 3.8) is 0 Å². The number of hydrogen-bond donors (Lipinski definition) is 2. The van der Waals surface area contributed by atoms with E-state index in [9.17, 15) is 4.79 Å². The Labute approximate surface area is 147 Å². The van der Waals surface area contributed by atoms with Crippen molar-refractivity contribution in [3.05, 3.63) is 0 Å². The fourth-order valence-corrected chi connectivity index (χ4v) is 3.96. The summed E-state index contributed by atoms with van der Waals surface area (Å²) in [5.41, 5.74) is 0.263. The van der Waals surface area contributed by atoms with Crippen LogP contribution in [0.15, 0.2) is 4.99 Å². The number of likely N-dealkylation sites (tertiary alicyclic amines) is 1. The molecule has 1 aliphatic heterocycles. The molecule has 1 saturated heterocycles. The largest absolute Gasteiger partial charge is 0.357 e. The van der Waals surface area contributed by atoms with Crippen molar-refractivity contribution in [2.45, 2.75) is 72.3 Å². The summed E-state index contributed by atoms with van der Waals surface area (Å²) in [5.74, 6) is 1.95. The van der Waals surface area contributed by atoms with Gasteiger partial charge in [-0.15, -0.1) is 0 Å². The van der Waals surface area contributed by atoms with Crippen LogP contribution < -0.4 is 10.6 Å². The third kappa shape index (κ3) is 5.12. The average Bonchev–Trinajstić information content (AvgIpc) is 3.24. The summed E-state index contributed by atoms with van der Waals surface area (Å²) in [4.78, 5) is 18.7. The summed E-state index contributed by atoms with van der Waals surface area (Å²) in [6.07, 6.45) is 7.05. The van der Waals surface area contributed by atoms with Crippen LogP contribution in [0, 0.1) is 11.3 Å². The van der Waals surface area contributed by atoms with E-state index in [0.717, 1.165) is 44.5 Å². The van der Waals surface area contributed by atoms with Gasteiger partial charge in [0.2, 0.25) is 5.91 Å². The minimum atomic E-state index is 0.253. The summed E-state index contributed by atoms with van der Waals surface area (Å²) >= 11 is 0.